The molecule has 108 valence electrons. The van der Waals surface area contributed by atoms with Crippen LogP contribution in [0.1, 0.15) is 43.8 Å². The number of nitrogens with one attached hydrogen (secondary N) is 1. The first kappa shape index (κ1) is 14.4. The fraction of sp³-hybridized carbons (Fsp3) is 0.467. The van der Waals surface area contributed by atoms with E-state index in [2.05, 4.69) is 23.7 Å². The van der Waals surface area contributed by atoms with E-state index in [1.54, 1.807) is 13.0 Å². The fourth-order valence-corrected chi connectivity index (χ4v) is 2.76. The number of carbonyl (C=O) groups excluding carboxylic acids is 2. The van der Waals surface area contributed by atoms with E-state index in [1.165, 1.54) is 4.90 Å². The zero-order valence-electron chi connectivity index (χ0n) is 12.7. The minimum Gasteiger partial charge on any atom is -0.346 e. The van der Waals surface area contributed by atoms with Gasteiger partial charge in [0.1, 0.15) is 5.70 Å². The van der Waals surface area contributed by atoms with E-state index in [-0.39, 0.29) is 11.9 Å². The molecule has 1 aromatic heterocycles. The molecule has 1 aliphatic rings. The van der Waals surface area contributed by atoms with Gasteiger partial charge in [0.25, 0.3) is 5.91 Å². The molecule has 0 atom stereocenters. The highest BCUT2D eigenvalue weighted by molar-refractivity contribution is 6.13. The van der Waals surface area contributed by atoms with E-state index in [1.807, 2.05) is 19.9 Å². The topological polar surface area (TPSA) is 54.3 Å². The van der Waals surface area contributed by atoms with Crippen LogP contribution < -0.4 is 5.32 Å². The Labute approximate surface area is 119 Å². The van der Waals surface area contributed by atoms with Gasteiger partial charge in [-0.15, -0.1) is 0 Å². The number of carbonyl (C=O) groups is 2. The minimum atomic E-state index is -0.346. The Kier molecular flexibility index (Phi) is 3.70. The van der Waals surface area contributed by atoms with Gasteiger partial charge in [0.2, 0.25) is 0 Å². The van der Waals surface area contributed by atoms with Crippen LogP contribution in [0.4, 0.5) is 4.79 Å². The maximum absolute atomic E-state index is 12.1. The fourth-order valence-electron chi connectivity index (χ4n) is 2.76. The van der Waals surface area contributed by atoms with Crippen molar-refractivity contribution in [1.82, 2.24) is 14.8 Å². The Morgan fingerprint density at radius 2 is 1.95 bits per heavy atom. The Morgan fingerprint density at radius 1 is 1.30 bits per heavy atom. The van der Waals surface area contributed by atoms with Crippen molar-refractivity contribution in [3.05, 3.63) is 28.7 Å². The van der Waals surface area contributed by atoms with Crippen LogP contribution in [0.5, 0.6) is 0 Å². The SMILES string of the molecule is CCN1C(=O)N/C(=C/c2cc(C)n(C(C)C)c2C)C1=O. The molecule has 0 unspecified atom stereocenters. The zero-order chi connectivity index (χ0) is 15.0. The Hall–Kier alpha value is -2.04. The molecule has 5 nitrogen and oxygen atoms in total. The number of hydrogen-bond acceptors (Lipinski definition) is 2. The molecule has 0 bridgehead atoms. The van der Waals surface area contributed by atoms with Crippen LogP contribution in [0.2, 0.25) is 0 Å². The Bertz CT molecular complexity index is 597. The summed E-state index contributed by atoms with van der Waals surface area (Å²) < 4.78 is 2.21. The summed E-state index contributed by atoms with van der Waals surface area (Å²) in [5.74, 6) is -0.258. The lowest BCUT2D eigenvalue weighted by Gasteiger charge is -2.13. The van der Waals surface area contributed by atoms with E-state index in [0.717, 1.165) is 17.0 Å². The van der Waals surface area contributed by atoms with Crippen molar-refractivity contribution in [3.8, 4) is 0 Å². The quantitative estimate of drug-likeness (QED) is 0.681. The van der Waals surface area contributed by atoms with E-state index < -0.39 is 0 Å². The number of amides is 3. The van der Waals surface area contributed by atoms with Gasteiger partial charge in [-0.2, -0.15) is 0 Å². The molecule has 0 aromatic carbocycles. The lowest BCUT2D eigenvalue weighted by Crippen LogP contribution is -2.30. The molecule has 3 amide bonds. The lowest BCUT2D eigenvalue weighted by atomic mass is 10.2. The van der Waals surface area contributed by atoms with E-state index in [9.17, 15) is 9.59 Å². The van der Waals surface area contributed by atoms with Gasteiger partial charge in [-0.1, -0.05) is 0 Å². The number of rotatable bonds is 3. The molecule has 0 aliphatic carbocycles. The Balaban J connectivity index is 2.40. The van der Waals surface area contributed by atoms with Crippen molar-refractivity contribution >= 4 is 18.0 Å². The summed E-state index contributed by atoms with van der Waals surface area (Å²) >= 11 is 0. The van der Waals surface area contributed by atoms with Crippen LogP contribution in [0.25, 0.3) is 6.08 Å². The second-order valence-electron chi connectivity index (χ2n) is 5.33. The van der Waals surface area contributed by atoms with E-state index >= 15 is 0 Å². The zero-order valence-corrected chi connectivity index (χ0v) is 12.7. The molecule has 1 aromatic rings. The summed E-state index contributed by atoms with van der Waals surface area (Å²) in [7, 11) is 0. The largest absolute Gasteiger partial charge is 0.346 e. The second kappa shape index (κ2) is 5.15. The molecule has 0 radical (unpaired) electrons. The monoisotopic (exact) mass is 275 g/mol. The third-order valence-electron chi connectivity index (χ3n) is 3.62. The normalized spacial score (nSPS) is 17.5. The predicted molar refractivity (Wildman–Crippen MR) is 78.2 cm³/mol. The van der Waals surface area contributed by atoms with Crippen LogP contribution >= 0.6 is 0 Å². The average Bonchev–Trinajstić information content (AvgIpc) is 2.78. The third-order valence-corrected chi connectivity index (χ3v) is 3.62. The van der Waals surface area contributed by atoms with Crippen molar-refractivity contribution < 1.29 is 9.59 Å². The molecule has 1 N–H and O–H groups in total. The lowest BCUT2D eigenvalue weighted by molar-refractivity contribution is -0.122. The maximum Gasteiger partial charge on any atom is 0.328 e. The standard InChI is InChI=1S/C15H21N3O2/c1-6-17-14(19)13(16-15(17)20)8-12-7-10(4)18(9(2)3)11(12)5/h7-9H,6H2,1-5H3,(H,16,20)/b13-8+. The van der Waals surface area contributed by atoms with E-state index in [0.29, 0.717) is 18.3 Å². The number of urea groups is 1. The van der Waals surface area contributed by atoms with Crippen molar-refractivity contribution in [2.75, 3.05) is 6.54 Å². The summed E-state index contributed by atoms with van der Waals surface area (Å²) in [4.78, 5) is 24.9. The van der Waals surface area contributed by atoms with Gasteiger partial charge in [0.05, 0.1) is 0 Å². The average molecular weight is 275 g/mol. The summed E-state index contributed by atoms with van der Waals surface area (Å²) in [5, 5.41) is 2.63. The molecule has 1 fully saturated rings. The first-order valence-corrected chi connectivity index (χ1v) is 6.89. The summed E-state index contributed by atoms with van der Waals surface area (Å²) in [6, 6.07) is 2.06. The highest BCUT2D eigenvalue weighted by Crippen LogP contribution is 2.23. The number of likely N-dealkylation sites (N-methyl/N-ethyl adjacent to an activating group) is 1. The molecule has 20 heavy (non-hydrogen) atoms. The van der Waals surface area contributed by atoms with Crippen LogP contribution in [-0.4, -0.2) is 28.0 Å². The molecular weight excluding hydrogens is 254 g/mol. The third kappa shape index (κ3) is 2.24. The molecule has 2 rings (SSSR count). The molecule has 0 spiro atoms. The first-order chi connectivity index (χ1) is 9.36. The number of imide groups is 1. The Morgan fingerprint density at radius 3 is 2.40 bits per heavy atom. The number of aryl methyl sites for hydroxylation is 1. The van der Waals surface area contributed by atoms with Gasteiger partial charge in [-0.25, -0.2) is 4.79 Å². The van der Waals surface area contributed by atoms with Crippen molar-refractivity contribution in [2.45, 2.75) is 40.7 Å². The van der Waals surface area contributed by atoms with Crippen molar-refractivity contribution in [2.24, 2.45) is 0 Å². The smallest absolute Gasteiger partial charge is 0.328 e. The van der Waals surface area contributed by atoms with Gasteiger partial charge in [-0.3, -0.25) is 9.69 Å². The summed E-state index contributed by atoms with van der Waals surface area (Å²) in [6.07, 6.45) is 1.76. The van der Waals surface area contributed by atoms with Crippen LogP contribution in [0.15, 0.2) is 11.8 Å². The maximum atomic E-state index is 12.1. The van der Waals surface area contributed by atoms with Crippen LogP contribution in [0, 0.1) is 13.8 Å². The highest BCUT2D eigenvalue weighted by Gasteiger charge is 2.32. The molecule has 1 saturated heterocycles. The highest BCUT2D eigenvalue weighted by atomic mass is 16.2. The molecular formula is C15H21N3O2. The van der Waals surface area contributed by atoms with Gasteiger partial charge < -0.3 is 9.88 Å². The molecule has 0 saturated carbocycles. The van der Waals surface area contributed by atoms with Gasteiger partial charge in [0.15, 0.2) is 0 Å². The first-order valence-electron chi connectivity index (χ1n) is 6.89. The van der Waals surface area contributed by atoms with Crippen molar-refractivity contribution in [1.29, 1.82) is 0 Å². The van der Waals surface area contributed by atoms with Crippen LogP contribution in [-0.2, 0) is 4.79 Å². The van der Waals surface area contributed by atoms with Gasteiger partial charge in [-0.05, 0) is 52.3 Å². The predicted octanol–water partition coefficient (Wildman–Crippen LogP) is 2.60. The number of nitrogens with zero attached hydrogens (tertiary/aromatic N) is 2. The number of hydrogen-bond donors (Lipinski definition) is 1. The molecule has 1 aliphatic heterocycles. The number of aromatic nitrogens is 1. The van der Waals surface area contributed by atoms with Crippen LogP contribution in [0.3, 0.4) is 0 Å². The summed E-state index contributed by atoms with van der Waals surface area (Å²) in [5.41, 5.74) is 3.56. The molecule has 5 heteroatoms. The van der Waals surface area contributed by atoms with E-state index in [4.69, 9.17) is 0 Å². The second-order valence-corrected chi connectivity index (χ2v) is 5.33. The minimum absolute atomic E-state index is 0.258. The summed E-state index contributed by atoms with van der Waals surface area (Å²) in [6.45, 7) is 10.5. The van der Waals surface area contributed by atoms with Gasteiger partial charge in [0, 0.05) is 24.0 Å². The molecule has 2 heterocycles. The van der Waals surface area contributed by atoms with Crippen molar-refractivity contribution in [3.63, 3.8) is 0 Å². The van der Waals surface area contributed by atoms with Gasteiger partial charge >= 0.3 is 6.03 Å².